The molecule has 1 saturated carbocycles. The van der Waals surface area contributed by atoms with E-state index in [0.717, 1.165) is 5.92 Å². The Morgan fingerprint density at radius 2 is 2.00 bits per heavy atom. The van der Waals surface area contributed by atoms with Crippen molar-refractivity contribution in [3.8, 4) is 0 Å². The van der Waals surface area contributed by atoms with Crippen molar-refractivity contribution in [1.29, 1.82) is 0 Å². The summed E-state index contributed by atoms with van der Waals surface area (Å²) in [4.78, 5) is 2.64. The summed E-state index contributed by atoms with van der Waals surface area (Å²) < 4.78 is 0. The first-order valence-corrected chi connectivity index (χ1v) is 6.73. The molecular weight excluding hydrogens is 184 g/mol. The first-order chi connectivity index (χ1) is 7.36. The summed E-state index contributed by atoms with van der Waals surface area (Å²) in [5, 5.41) is 3.21. The topological polar surface area (TPSA) is 15.3 Å². The summed E-state index contributed by atoms with van der Waals surface area (Å²) in [5.74, 6) is 1.03. The highest BCUT2D eigenvalue weighted by Gasteiger charge is 2.19. The Kier molecular flexibility index (Phi) is 7.03. The molecule has 1 N–H and O–H groups in total. The van der Waals surface area contributed by atoms with Gasteiger partial charge in [0.1, 0.15) is 0 Å². The molecule has 15 heavy (non-hydrogen) atoms. The van der Waals surface area contributed by atoms with Crippen LogP contribution in [0.25, 0.3) is 0 Å². The largest absolute Gasteiger partial charge is 0.320 e. The zero-order valence-electron chi connectivity index (χ0n) is 10.6. The summed E-state index contributed by atoms with van der Waals surface area (Å²) in [6.07, 6.45) is 8.53. The first kappa shape index (κ1) is 13.0. The van der Waals surface area contributed by atoms with Crippen molar-refractivity contribution in [1.82, 2.24) is 10.2 Å². The van der Waals surface area contributed by atoms with Crippen LogP contribution in [0.4, 0.5) is 0 Å². The lowest BCUT2D eigenvalue weighted by molar-refractivity contribution is 0.181. The Bertz CT molecular complexity index is 143. The Balaban J connectivity index is 1.95. The predicted molar refractivity (Wildman–Crippen MR) is 67.2 cm³/mol. The minimum atomic E-state index is 1.03. The average molecular weight is 212 g/mol. The van der Waals surface area contributed by atoms with E-state index in [9.17, 15) is 0 Å². The third-order valence-corrected chi connectivity index (χ3v) is 3.59. The zero-order valence-corrected chi connectivity index (χ0v) is 10.6. The molecule has 0 atom stereocenters. The van der Waals surface area contributed by atoms with Gasteiger partial charge in [-0.15, -0.1) is 0 Å². The molecule has 0 aliphatic heterocycles. The molecule has 0 aromatic carbocycles. The lowest BCUT2D eigenvalue weighted by Crippen LogP contribution is -2.33. The third kappa shape index (κ3) is 5.53. The summed E-state index contributed by atoms with van der Waals surface area (Å²) in [6, 6.07) is 0. The standard InChI is InChI=1S/C13H28N2/c1-3-15(12-13-8-7-9-13)11-6-4-5-10-14-2/h13-14H,3-12H2,1-2H3. The molecule has 0 aromatic heterocycles. The molecule has 1 fully saturated rings. The van der Waals surface area contributed by atoms with Crippen LogP contribution >= 0.6 is 0 Å². The molecule has 90 valence electrons. The molecule has 0 amide bonds. The van der Waals surface area contributed by atoms with E-state index in [0.29, 0.717) is 0 Å². The van der Waals surface area contributed by atoms with E-state index in [1.165, 1.54) is 64.7 Å². The molecule has 0 spiro atoms. The number of nitrogens with one attached hydrogen (secondary N) is 1. The van der Waals surface area contributed by atoms with Gasteiger partial charge in [0, 0.05) is 6.54 Å². The van der Waals surface area contributed by atoms with Gasteiger partial charge >= 0.3 is 0 Å². The van der Waals surface area contributed by atoms with Gasteiger partial charge in [0.2, 0.25) is 0 Å². The second-order valence-corrected chi connectivity index (χ2v) is 4.85. The molecule has 1 aliphatic rings. The molecule has 0 unspecified atom stereocenters. The number of hydrogen-bond donors (Lipinski definition) is 1. The number of unbranched alkanes of at least 4 members (excludes halogenated alkanes) is 2. The van der Waals surface area contributed by atoms with E-state index in [4.69, 9.17) is 0 Å². The van der Waals surface area contributed by atoms with E-state index in [-0.39, 0.29) is 0 Å². The molecule has 1 aliphatic carbocycles. The van der Waals surface area contributed by atoms with E-state index in [2.05, 4.69) is 17.1 Å². The Hall–Kier alpha value is -0.0800. The van der Waals surface area contributed by atoms with Gasteiger partial charge in [-0.05, 0) is 58.3 Å². The van der Waals surface area contributed by atoms with E-state index >= 15 is 0 Å². The molecule has 0 aromatic rings. The summed E-state index contributed by atoms with van der Waals surface area (Å²) in [5.41, 5.74) is 0. The Morgan fingerprint density at radius 3 is 2.53 bits per heavy atom. The van der Waals surface area contributed by atoms with Crippen LogP contribution in [0.2, 0.25) is 0 Å². The van der Waals surface area contributed by atoms with Gasteiger partial charge in [-0.2, -0.15) is 0 Å². The van der Waals surface area contributed by atoms with E-state index < -0.39 is 0 Å². The van der Waals surface area contributed by atoms with Gasteiger partial charge < -0.3 is 10.2 Å². The second kappa shape index (κ2) is 8.12. The first-order valence-electron chi connectivity index (χ1n) is 6.73. The van der Waals surface area contributed by atoms with Crippen LogP contribution in [0.3, 0.4) is 0 Å². The van der Waals surface area contributed by atoms with Gasteiger partial charge in [0.05, 0.1) is 0 Å². The maximum absolute atomic E-state index is 3.21. The van der Waals surface area contributed by atoms with Gasteiger partial charge in [-0.1, -0.05) is 19.8 Å². The minimum Gasteiger partial charge on any atom is -0.320 e. The van der Waals surface area contributed by atoms with Gasteiger partial charge in [-0.3, -0.25) is 0 Å². The van der Waals surface area contributed by atoms with Crippen molar-refractivity contribution in [3.63, 3.8) is 0 Å². The Morgan fingerprint density at radius 1 is 1.20 bits per heavy atom. The third-order valence-electron chi connectivity index (χ3n) is 3.59. The van der Waals surface area contributed by atoms with E-state index in [1.54, 1.807) is 0 Å². The van der Waals surface area contributed by atoms with Crippen LogP contribution in [0.15, 0.2) is 0 Å². The molecule has 2 heteroatoms. The molecule has 0 radical (unpaired) electrons. The molecule has 0 bridgehead atoms. The van der Waals surface area contributed by atoms with Crippen molar-refractivity contribution in [2.75, 3.05) is 33.2 Å². The SMILES string of the molecule is CCN(CCCCCNC)CC1CCC1. The smallest absolute Gasteiger partial charge is 0.000954 e. The van der Waals surface area contributed by atoms with Gasteiger partial charge in [0.25, 0.3) is 0 Å². The van der Waals surface area contributed by atoms with Crippen LogP contribution in [0.5, 0.6) is 0 Å². The van der Waals surface area contributed by atoms with Crippen LogP contribution in [0.1, 0.15) is 45.4 Å². The monoisotopic (exact) mass is 212 g/mol. The van der Waals surface area contributed by atoms with Crippen LogP contribution in [-0.4, -0.2) is 38.1 Å². The summed E-state index contributed by atoms with van der Waals surface area (Å²) >= 11 is 0. The highest BCUT2D eigenvalue weighted by atomic mass is 15.1. The fourth-order valence-corrected chi connectivity index (χ4v) is 2.23. The van der Waals surface area contributed by atoms with Crippen LogP contribution in [-0.2, 0) is 0 Å². The number of hydrogen-bond acceptors (Lipinski definition) is 2. The van der Waals surface area contributed by atoms with Crippen LogP contribution < -0.4 is 5.32 Å². The highest BCUT2D eigenvalue weighted by Crippen LogP contribution is 2.27. The number of nitrogens with zero attached hydrogens (tertiary/aromatic N) is 1. The fraction of sp³-hybridized carbons (Fsp3) is 1.00. The quantitative estimate of drug-likeness (QED) is 0.591. The van der Waals surface area contributed by atoms with Crippen molar-refractivity contribution in [2.24, 2.45) is 5.92 Å². The lowest BCUT2D eigenvalue weighted by atomic mass is 9.85. The molecule has 2 nitrogen and oxygen atoms in total. The Labute approximate surface area is 95.4 Å². The molecular formula is C13H28N2. The predicted octanol–water partition coefficient (Wildman–Crippen LogP) is 2.50. The average Bonchev–Trinajstić information content (AvgIpc) is 2.19. The summed E-state index contributed by atoms with van der Waals surface area (Å²) in [7, 11) is 2.04. The zero-order chi connectivity index (χ0) is 10.9. The number of rotatable bonds is 9. The van der Waals surface area contributed by atoms with Crippen LogP contribution in [0, 0.1) is 5.92 Å². The van der Waals surface area contributed by atoms with Crippen molar-refractivity contribution >= 4 is 0 Å². The highest BCUT2D eigenvalue weighted by molar-refractivity contribution is 4.73. The molecule has 0 heterocycles. The molecule has 0 saturated heterocycles. The van der Waals surface area contributed by atoms with E-state index in [1.807, 2.05) is 7.05 Å². The second-order valence-electron chi connectivity index (χ2n) is 4.85. The van der Waals surface area contributed by atoms with Crippen molar-refractivity contribution < 1.29 is 0 Å². The maximum atomic E-state index is 3.21. The molecule has 1 rings (SSSR count). The minimum absolute atomic E-state index is 1.03. The lowest BCUT2D eigenvalue weighted by Gasteiger charge is -2.31. The van der Waals surface area contributed by atoms with Gasteiger partial charge in [0.15, 0.2) is 0 Å². The van der Waals surface area contributed by atoms with Crippen molar-refractivity contribution in [2.45, 2.75) is 45.4 Å². The van der Waals surface area contributed by atoms with Gasteiger partial charge in [-0.25, -0.2) is 0 Å². The normalized spacial score (nSPS) is 17.0. The summed E-state index contributed by atoms with van der Waals surface area (Å²) in [6.45, 7) is 7.39. The fourth-order valence-electron chi connectivity index (χ4n) is 2.23. The maximum Gasteiger partial charge on any atom is 0.000954 e. The van der Waals surface area contributed by atoms with Crippen molar-refractivity contribution in [3.05, 3.63) is 0 Å².